The number of carbonyl (C=O) groups excluding carboxylic acids is 1. The molecule has 3 atom stereocenters. The van der Waals surface area contributed by atoms with Gasteiger partial charge in [0.25, 0.3) is 0 Å². The summed E-state index contributed by atoms with van der Waals surface area (Å²) in [5, 5.41) is 6.06. The number of rotatable bonds is 6. The number of nitrogens with one attached hydrogen (secondary N) is 2. The summed E-state index contributed by atoms with van der Waals surface area (Å²) in [5.41, 5.74) is -0.0146. The molecule has 2 amide bonds. The Morgan fingerprint density at radius 2 is 2.05 bits per heavy atom. The lowest BCUT2D eigenvalue weighted by Gasteiger charge is -2.56. The molecule has 0 aromatic heterocycles. The van der Waals surface area contributed by atoms with Gasteiger partial charge in [0.15, 0.2) is 0 Å². The van der Waals surface area contributed by atoms with Gasteiger partial charge in [0.1, 0.15) is 0 Å². The number of nitrogens with zero attached hydrogens (tertiary/aromatic N) is 1. The molecule has 22 heavy (non-hydrogen) atoms. The first-order valence-electron chi connectivity index (χ1n) is 8.34. The molecule has 0 aromatic carbocycles. The Kier molecular flexibility index (Phi) is 6.06. The van der Waals surface area contributed by atoms with E-state index in [1.165, 1.54) is 0 Å². The van der Waals surface area contributed by atoms with Crippen molar-refractivity contribution in [2.75, 3.05) is 46.5 Å². The summed E-state index contributed by atoms with van der Waals surface area (Å²) in [4.78, 5) is 14.4. The molecule has 128 valence electrons. The van der Waals surface area contributed by atoms with Crippen LogP contribution < -0.4 is 10.6 Å². The molecule has 1 aliphatic heterocycles. The topological polar surface area (TPSA) is 62.8 Å². The van der Waals surface area contributed by atoms with Gasteiger partial charge in [0, 0.05) is 44.1 Å². The van der Waals surface area contributed by atoms with Crippen LogP contribution in [0.4, 0.5) is 4.79 Å². The van der Waals surface area contributed by atoms with Gasteiger partial charge in [0.2, 0.25) is 0 Å². The molecule has 0 spiro atoms. The maximum Gasteiger partial charge on any atom is 0.315 e. The maximum absolute atomic E-state index is 12.0. The second-order valence-corrected chi connectivity index (χ2v) is 7.02. The van der Waals surface area contributed by atoms with Crippen LogP contribution in [0.15, 0.2) is 0 Å². The van der Waals surface area contributed by atoms with E-state index in [4.69, 9.17) is 9.47 Å². The molecule has 1 aliphatic carbocycles. The summed E-state index contributed by atoms with van der Waals surface area (Å²) in [6, 6.07) is 0.0955. The molecule has 2 aliphatic rings. The van der Waals surface area contributed by atoms with E-state index >= 15 is 0 Å². The van der Waals surface area contributed by atoms with E-state index in [1.807, 2.05) is 0 Å². The van der Waals surface area contributed by atoms with E-state index in [1.54, 1.807) is 7.11 Å². The zero-order valence-corrected chi connectivity index (χ0v) is 14.4. The van der Waals surface area contributed by atoms with Crippen molar-refractivity contribution in [2.24, 2.45) is 11.3 Å². The van der Waals surface area contributed by atoms with Crippen LogP contribution in [0.3, 0.4) is 0 Å². The quantitative estimate of drug-likeness (QED) is 0.720. The van der Waals surface area contributed by atoms with Crippen molar-refractivity contribution in [1.82, 2.24) is 15.5 Å². The third-order valence-electron chi connectivity index (χ3n) is 5.12. The van der Waals surface area contributed by atoms with Gasteiger partial charge in [-0.3, -0.25) is 4.90 Å². The number of methoxy groups -OCH3 is 1. The van der Waals surface area contributed by atoms with Gasteiger partial charge >= 0.3 is 6.03 Å². The summed E-state index contributed by atoms with van der Waals surface area (Å²) >= 11 is 0. The number of amides is 2. The van der Waals surface area contributed by atoms with Crippen LogP contribution in [0, 0.1) is 11.3 Å². The molecule has 6 nitrogen and oxygen atoms in total. The minimum absolute atomic E-state index is 0.0146. The van der Waals surface area contributed by atoms with E-state index in [2.05, 4.69) is 36.3 Å². The fraction of sp³-hybridized carbons (Fsp3) is 0.938. The average molecular weight is 313 g/mol. The smallest absolute Gasteiger partial charge is 0.315 e. The molecular formula is C16H31N3O3. The lowest BCUT2D eigenvalue weighted by Crippen LogP contribution is -2.68. The number of urea groups is 1. The molecule has 0 aromatic rings. The van der Waals surface area contributed by atoms with Gasteiger partial charge in [-0.25, -0.2) is 4.79 Å². The van der Waals surface area contributed by atoms with E-state index in [0.29, 0.717) is 12.5 Å². The van der Waals surface area contributed by atoms with E-state index < -0.39 is 0 Å². The van der Waals surface area contributed by atoms with Crippen molar-refractivity contribution in [2.45, 2.75) is 39.3 Å². The Morgan fingerprint density at radius 1 is 1.36 bits per heavy atom. The first-order valence-corrected chi connectivity index (χ1v) is 8.34. The molecule has 1 saturated carbocycles. The number of hydrogen-bond donors (Lipinski definition) is 2. The largest absolute Gasteiger partial charge is 0.380 e. The van der Waals surface area contributed by atoms with Gasteiger partial charge < -0.3 is 20.1 Å². The molecule has 2 rings (SSSR count). The SMILES string of the molecule is COC1C(C)C(NC(=O)NCCCN2CCOCC2)C1(C)C. The molecular weight excluding hydrogens is 282 g/mol. The maximum atomic E-state index is 12.0. The highest BCUT2D eigenvalue weighted by Crippen LogP contribution is 2.46. The Morgan fingerprint density at radius 3 is 2.64 bits per heavy atom. The minimum atomic E-state index is -0.0681. The molecule has 1 saturated heterocycles. The summed E-state index contributed by atoms with van der Waals surface area (Å²) in [6.45, 7) is 11.8. The van der Waals surface area contributed by atoms with Crippen molar-refractivity contribution >= 4 is 6.03 Å². The van der Waals surface area contributed by atoms with Crippen LogP contribution in [0.1, 0.15) is 27.2 Å². The van der Waals surface area contributed by atoms with Crippen LogP contribution in [0.5, 0.6) is 0 Å². The van der Waals surface area contributed by atoms with Crippen LogP contribution >= 0.6 is 0 Å². The second-order valence-electron chi connectivity index (χ2n) is 7.02. The van der Waals surface area contributed by atoms with Gasteiger partial charge in [-0.05, 0) is 13.0 Å². The van der Waals surface area contributed by atoms with Crippen molar-refractivity contribution in [3.63, 3.8) is 0 Å². The van der Waals surface area contributed by atoms with Crippen molar-refractivity contribution in [3.8, 4) is 0 Å². The monoisotopic (exact) mass is 313 g/mol. The fourth-order valence-electron chi connectivity index (χ4n) is 3.95. The van der Waals surface area contributed by atoms with Gasteiger partial charge in [-0.2, -0.15) is 0 Å². The predicted molar refractivity (Wildman–Crippen MR) is 85.9 cm³/mol. The Bertz CT molecular complexity index is 370. The molecule has 0 radical (unpaired) electrons. The highest BCUT2D eigenvalue weighted by molar-refractivity contribution is 5.74. The third kappa shape index (κ3) is 3.91. The standard InChI is InChI=1S/C16H31N3O3/c1-12-13(16(2,3)14(12)21-4)18-15(20)17-6-5-7-19-8-10-22-11-9-19/h12-14H,5-11H2,1-4H3,(H2,17,18,20). The highest BCUT2D eigenvalue weighted by Gasteiger charge is 2.55. The van der Waals surface area contributed by atoms with Crippen molar-refractivity contribution in [1.29, 1.82) is 0 Å². The normalized spacial score (nSPS) is 31.4. The molecule has 3 unspecified atom stereocenters. The number of carbonyl (C=O) groups is 1. The molecule has 6 heteroatoms. The number of ether oxygens (including phenoxy) is 2. The Labute approximate surface area is 133 Å². The summed E-state index contributed by atoms with van der Waals surface area (Å²) in [6.07, 6.45) is 1.18. The predicted octanol–water partition coefficient (Wildman–Crippen LogP) is 1.07. The zero-order chi connectivity index (χ0) is 16.2. The van der Waals surface area contributed by atoms with Gasteiger partial charge in [0.05, 0.1) is 19.3 Å². The van der Waals surface area contributed by atoms with E-state index in [0.717, 1.165) is 39.3 Å². The second kappa shape index (κ2) is 7.62. The number of hydrogen-bond acceptors (Lipinski definition) is 4. The lowest BCUT2D eigenvalue weighted by atomic mass is 9.58. The third-order valence-corrected chi connectivity index (χ3v) is 5.12. The summed E-state index contributed by atoms with van der Waals surface area (Å²) < 4.78 is 10.8. The van der Waals surface area contributed by atoms with Crippen LogP contribution in [0.2, 0.25) is 0 Å². The first-order chi connectivity index (χ1) is 10.5. The molecule has 2 fully saturated rings. The van der Waals surface area contributed by atoms with Gasteiger partial charge in [-0.15, -0.1) is 0 Å². The van der Waals surface area contributed by atoms with Crippen molar-refractivity contribution < 1.29 is 14.3 Å². The average Bonchev–Trinajstić information content (AvgIpc) is 2.50. The van der Waals surface area contributed by atoms with Gasteiger partial charge in [-0.1, -0.05) is 20.8 Å². The Hall–Kier alpha value is -0.850. The first kappa shape index (κ1) is 17.5. The minimum Gasteiger partial charge on any atom is -0.380 e. The van der Waals surface area contributed by atoms with E-state index in [-0.39, 0.29) is 23.6 Å². The Balaban J connectivity index is 1.62. The molecule has 1 heterocycles. The van der Waals surface area contributed by atoms with Crippen LogP contribution in [-0.4, -0.2) is 69.6 Å². The molecule has 2 N–H and O–H groups in total. The lowest BCUT2D eigenvalue weighted by molar-refractivity contribution is -0.140. The highest BCUT2D eigenvalue weighted by atomic mass is 16.5. The van der Waals surface area contributed by atoms with Crippen LogP contribution in [0.25, 0.3) is 0 Å². The summed E-state index contributed by atoms with van der Waals surface area (Å²) in [5.74, 6) is 0.346. The summed E-state index contributed by atoms with van der Waals surface area (Å²) in [7, 11) is 1.74. The van der Waals surface area contributed by atoms with E-state index in [9.17, 15) is 4.79 Å². The zero-order valence-electron chi connectivity index (χ0n) is 14.4. The molecule has 0 bridgehead atoms. The number of morpholine rings is 1. The fourth-order valence-corrected chi connectivity index (χ4v) is 3.95. The van der Waals surface area contributed by atoms with Crippen molar-refractivity contribution in [3.05, 3.63) is 0 Å². The van der Waals surface area contributed by atoms with Crippen LogP contribution in [-0.2, 0) is 9.47 Å².